The molecule has 1 aliphatic rings. The van der Waals surface area contributed by atoms with E-state index in [0.29, 0.717) is 32.5 Å². The molecular formula is C20H34ClN3O3S. The van der Waals surface area contributed by atoms with Crippen molar-refractivity contribution in [2.45, 2.75) is 57.4 Å². The van der Waals surface area contributed by atoms with Crippen molar-refractivity contribution in [3.05, 3.63) is 35.9 Å². The minimum atomic E-state index is -3.24. The first-order valence-electron chi connectivity index (χ1n) is 9.83. The highest BCUT2D eigenvalue weighted by molar-refractivity contribution is 7.89. The Balaban J connectivity index is 0.00000392. The van der Waals surface area contributed by atoms with Gasteiger partial charge in [0.05, 0.1) is 11.2 Å². The Bertz CT molecular complexity index is 728. The number of nitrogens with two attached hydrogens (primary N) is 1. The molecule has 3 N–H and O–H groups in total. The van der Waals surface area contributed by atoms with Gasteiger partial charge in [-0.05, 0) is 38.2 Å². The second kappa shape index (κ2) is 10.1. The number of carbonyl (C=O) groups is 1. The summed E-state index contributed by atoms with van der Waals surface area (Å²) in [6.07, 6.45) is 2.51. The molecule has 160 valence electrons. The van der Waals surface area contributed by atoms with E-state index in [-0.39, 0.29) is 24.1 Å². The standard InChI is InChI=1S/C20H33N3O3S.ClH/c1-4-19(21,5-2)16-22-18(24)20(17-10-8-7-9-11-17)12-14-23(15-13-20)27(25,26)6-3;/h7-11H,4-6,12-16,21H2,1-3H3,(H,22,24);1H. The molecule has 1 aliphatic heterocycles. The lowest BCUT2D eigenvalue weighted by Gasteiger charge is -2.41. The molecule has 28 heavy (non-hydrogen) atoms. The van der Waals surface area contributed by atoms with E-state index >= 15 is 0 Å². The Labute approximate surface area is 175 Å². The second-order valence-electron chi connectivity index (χ2n) is 7.50. The highest BCUT2D eigenvalue weighted by Crippen LogP contribution is 2.36. The number of amides is 1. The van der Waals surface area contributed by atoms with Gasteiger partial charge in [-0.3, -0.25) is 4.79 Å². The van der Waals surface area contributed by atoms with Crippen molar-refractivity contribution >= 4 is 28.3 Å². The first kappa shape index (κ1) is 24.9. The molecule has 0 aromatic heterocycles. The van der Waals surface area contributed by atoms with E-state index in [1.165, 1.54) is 4.31 Å². The summed E-state index contributed by atoms with van der Waals surface area (Å²) in [4.78, 5) is 13.3. The van der Waals surface area contributed by atoms with Crippen LogP contribution in [0.1, 0.15) is 52.0 Å². The molecule has 0 unspecified atom stereocenters. The van der Waals surface area contributed by atoms with Crippen LogP contribution in [0.2, 0.25) is 0 Å². The molecule has 0 saturated carbocycles. The first-order valence-corrected chi connectivity index (χ1v) is 11.4. The van der Waals surface area contributed by atoms with Crippen LogP contribution in [0.3, 0.4) is 0 Å². The minimum Gasteiger partial charge on any atom is -0.353 e. The molecule has 1 aromatic rings. The van der Waals surface area contributed by atoms with Crippen molar-refractivity contribution in [3.8, 4) is 0 Å². The lowest BCUT2D eigenvalue weighted by Crippen LogP contribution is -2.56. The molecule has 0 atom stereocenters. The maximum absolute atomic E-state index is 13.3. The fourth-order valence-corrected chi connectivity index (χ4v) is 4.76. The summed E-state index contributed by atoms with van der Waals surface area (Å²) < 4.78 is 25.9. The summed E-state index contributed by atoms with van der Waals surface area (Å²) in [6.45, 7) is 6.83. The molecule has 1 saturated heterocycles. The third kappa shape index (κ3) is 5.26. The third-order valence-electron chi connectivity index (χ3n) is 6.10. The first-order chi connectivity index (χ1) is 12.7. The Morgan fingerprint density at radius 1 is 1.14 bits per heavy atom. The Morgan fingerprint density at radius 2 is 1.68 bits per heavy atom. The molecule has 1 fully saturated rings. The highest BCUT2D eigenvalue weighted by Gasteiger charge is 2.44. The van der Waals surface area contributed by atoms with Gasteiger partial charge in [-0.1, -0.05) is 44.2 Å². The van der Waals surface area contributed by atoms with E-state index in [4.69, 9.17) is 5.73 Å². The van der Waals surface area contributed by atoms with Crippen LogP contribution < -0.4 is 11.1 Å². The minimum absolute atomic E-state index is 0. The molecule has 1 amide bonds. The number of hydrogen-bond acceptors (Lipinski definition) is 4. The van der Waals surface area contributed by atoms with Crippen molar-refractivity contribution < 1.29 is 13.2 Å². The van der Waals surface area contributed by atoms with E-state index < -0.39 is 21.0 Å². The molecule has 8 heteroatoms. The zero-order valence-corrected chi connectivity index (χ0v) is 18.7. The summed E-state index contributed by atoms with van der Waals surface area (Å²) >= 11 is 0. The molecular weight excluding hydrogens is 398 g/mol. The molecule has 1 aromatic carbocycles. The number of sulfonamides is 1. The quantitative estimate of drug-likeness (QED) is 0.661. The van der Waals surface area contributed by atoms with Gasteiger partial charge in [0.25, 0.3) is 0 Å². The molecule has 0 spiro atoms. The molecule has 1 heterocycles. The molecule has 0 radical (unpaired) electrons. The highest BCUT2D eigenvalue weighted by atomic mass is 35.5. The zero-order valence-electron chi connectivity index (χ0n) is 17.1. The maximum Gasteiger partial charge on any atom is 0.230 e. The van der Waals surface area contributed by atoms with E-state index in [9.17, 15) is 13.2 Å². The van der Waals surface area contributed by atoms with Gasteiger partial charge in [-0.25, -0.2) is 12.7 Å². The predicted octanol–water partition coefficient (Wildman–Crippen LogP) is 2.43. The van der Waals surface area contributed by atoms with E-state index in [2.05, 4.69) is 5.32 Å². The number of hydrogen-bond donors (Lipinski definition) is 2. The monoisotopic (exact) mass is 431 g/mol. The number of benzene rings is 1. The molecule has 6 nitrogen and oxygen atoms in total. The van der Waals surface area contributed by atoms with Crippen LogP contribution in [-0.4, -0.2) is 49.6 Å². The van der Waals surface area contributed by atoms with E-state index in [1.54, 1.807) is 6.92 Å². The summed E-state index contributed by atoms with van der Waals surface area (Å²) in [5, 5.41) is 3.07. The van der Waals surface area contributed by atoms with Crippen LogP contribution in [-0.2, 0) is 20.2 Å². The van der Waals surface area contributed by atoms with Crippen molar-refractivity contribution in [2.75, 3.05) is 25.4 Å². The number of nitrogens with zero attached hydrogens (tertiary/aromatic N) is 1. The van der Waals surface area contributed by atoms with Crippen LogP contribution in [0.5, 0.6) is 0 Å². The maximum atomic E-state index is 13.3. The number of halogens is 1. The van der Waals surface area contributed by atoms with E-state index in [1.807, 2.05) is 44.2 Å². The molecule has 2 rings (SSSR count). The second-order valence-corrected chi connectivity index (χ2v) is 9.76. The van der Waals surface area contributed by atoms with Gasteiger partial charge in [0.15, 0.2) is 0 Å². The van der Waals surface area contributed by atoms with Crippen molar-refractivity contribution in [2.24, 2.45) is 5.73 Å². The number of rotatable bonds is 8. The van der Waals surface area contributed by atoms with Gasteiger partial charge >= 0.3 is 0 Å². The van der Waals surface area contributed by atoms with Gasteiger partial charge in [0.1, 0.15) is 0 Å². The summed E-state index contributed by atoms with van der Waals surface area (Å²) in [5.74, 6) is 0.0271. The molecule has 0 aliphatic carbocycles. The zero-order chi connectivity index (χ0) is 20.1. The normalized spacial score (nSPS) is 17.6. The largest absolute Gasteiger partial charge is 0.353 e. The lowest BCUT2D eigenvalue weighted by atomic mass is 9.72. The molecule has 0 bridgehead atoms. The summed E-state index contributed by atoms with van der Waals surface area (Å²) in [7, 11) is -3.24. The van der Waals surface area contributed by atoms with Crippen LogP contribution >= 0.6 is 12.4 Å². The van der Waals surface area contributed by atoms with Gasteiger partial charge in [0, 0.05) is 25.2 Å². The number of carbonyl (C=O) groups excluding carboxylic acids is 1. The number of piperidine rings is 1. The van der Waals surface area contributed by atoms with Gasteiger partial charge in [-0.15, -0.1) is 12.4 Å². The number of nitrogens with one attached hydrogen (secondary N) is 1. The SMILES string of the molecule is CCC(N)(CC)CNC(=O)C1(c2ccccc2)CCN(S(=O)(=O)CC)CC1.Cl. The fraction of sp³-hybridized carbons (Fsp3) is 0.650. The van der Waals surface area contributed by atoms with Crippen LogP contribution in [0, 0.1) is 0 Å². The lowest BCUT2D eigenvalue weighted by molar-refractivity contribution is -0.128. The Morgan fingerprint density at radius 3 is 2.14 bits per heavy atom. The van der Waals surface area contributed by atoms with Crippen molar-refractivity contribution in [1.82, 2.24) is 9.62 Å². The average molecular weight is 432 g/mol. The van der Waals surface area contributed by atoms with Crippen LogP contribution in [0.25, 0.3) is 0 Å². The topological polar surface area (TPSA) is 92.5 Å². The smallest absolute Gasteiger partial charge is 0.230 e. The summed E-state index contributed by atoms with van der Waals surface area (Å²) in [5.41, 5.74) is 6.15. The van der Waals surface area contributed by atoms with Gasteiger partial charge in [0.2, 0.25) is 15.9 Å². The van der Waals surface area contributed by atoms with Crippen molar-refractivity contribution in [1.29, 1.82) is 0 Å². The Hall–Kier alpha value is -1.15. The third-order valence-corrected chi connectivity index (χ3v) is 7.99. The fourth-order valence-electron chi connectivity index (χ4n) is 3.66. The Kier molecular flexibility index (Phi) is 8.93. The summed E-state index contributed by atoms with van der Waals surface area (Å²) in [6, 6.07) is 9.68. The van der Waals surface area contributed by atoms with E-state index in [0.717, 1.165) is 18.4 Å². The van der Waals surface area contributed by atoms with Crippen molar-refractivity contribution in [3.63, 3.8) is 0 Å². The average Bonchev–Trinajstić information content (AvgIpc) is 2.72. The van der Waals surface area contributed by atoms with Gasteiger partial charge < -0.3 is 11.1 Å². The van der Waals surface area contributed by atoms with Crippen LogP contribution in [0.15, 0.2) is 30.3 Å². The predicted molar refractivity (Wildman–Crippen MR) is 116 cm³/mol. The van der Waals surface area contributed by atoms with Gasteiger partial charge in [-0.2, -0.15) is 0 Å². The van der Waals surface area contributed by atoms with Crippen LogP contribution in [0.4, 0.5) is 0 Å².